The van der Waals surface area contributed by atoms with Crippen LogP contribution in [0.3, 0.4) is 0 Å². The summed E-state index contributed by atoms with van der Waals surface area (Å²) >= 11 is 3.20. The van der Waals surface area contributed by atoms with Crippen LogP contribution in [0.1, 0.15) is 35.3 Å². The topological polar surface area (TPSA) is 45.5 Å². The van der Waals surface area contributed by atoms with E-state index < -0.39 is 0 Å². The quantitative estimate of drug-likeness (QED) is 0.847. The fraction of sp³-hybridized carbons (Fsp3) is 0.353. The van der Waals surface area contributed by atoms with Crippen LogP contribution in [0, 0.1) is 0 Å². The first-order valence-electron chi connectivity index (χ1n) is 7.26. The molecule has 0 aliphatic heterocycles. The highest BCUT2D eigenvalue weighted by Crippen LogP contribution is 2.15. The van der Waals surface area contributed by atoms with Gasteiger partial charge in [0.1, 0.15) is 6.26 Å². The van der Waals surface area contributed by atoms with Crippen LogP contribution in [0.15, 0.2) is 45.7 Å². The molecule has 1 aromatic heterocycles. The lowest BCUT2D eigenvalue weighted by atomic mass is 10.1. The number of halogens is 1. The highest BCUT2D eigenvalue weighted by atomic mass is 79.9. The van der Waals surface area contributed by atoms with Gasteiger partial charge in [0.2, 0.25) is 0 Å². The molecular weight excluding hydrogens is 344 g/mol. The SMILES string of the molecule is CC(C)N(C)Cc1ccccc1CNC(=O)c1coc(Br)c1. The molecule has 1 N–H and O–H groups in total. The van der Waals surface area contributed by atoms with Gasteiger partial charge >= 0.3 is 0 Å². The van der Waals surface area contributed by atoms with Crippen molar-refractivity contribution in [3.8, 4) is 0 Å². The molecule has 1 heterocycles. The Labute approximate surface area is 139 Å². The Bertz CT molecular complexity index is 637. The molecule has 2 aromatic rings. The maximum atomic E-state index is 12.1. The average molecular weight is 365 g/mol. The largest absolute Gasteiger partial charge is 0.457 e. The lowest BCUT2D eigenvalue weighted by Crippen LogP contribution is -2.27. The molecule has 0 saturated heterocycles. The number of hydrogen-bond acceptors (Lipinski definition) is 3. The highest BCUT2D eigenvalue weighted by molar-refractivity contribution is 9.10. The fourth-order valence-electron chi connectivity index (χ4n) is 2.04. The highest BCUT2D eigenvalue weighted by Gasteiger charge is 2.11. The van der Waals surface area contributed by atoms with Gasteiger partial charge in [-0.05, 0) is 48.0 Å². The zero-order chi connectivity index (χ0) is 16.1. The Morgan fingerprint density at radius 3 is 2.59 bits per heavy atom. The monoisotopic (exact) mass is 364 g/mol. The minimum atomic E-state index is -0.138. The third-order valence-corrected chi connectivity index (χ3v) is 4.10. The van der Waals surface area contributed by atoms with Crippen LogP contribution >= 0.6 is 15.9 Å². The summed E-state index contributed by atoms with van der Waals surface area (Å²) in [4.78, 5) is 14.3. The van der Waals surface area contributed by atoms with Crippen molar-refractivity contribution in [1.82, 2.24) is 10.2 Å². The van der Waals surface area contributed by atoms with E-state index in [0.29, 0.717) is 22.8 Å². The number of furan rings is 1. The van der Waals surface area contributed by atoms with Crippen molar-refractivity contribution >= 4 is 21.8 Å². The first kappa shape index (κ1) is 16.8. The van der Waals surface area contributed by atoms with Gasteiger partial charge in [-0.1, -0.05) is 24.3 Å². The standard InChI is InChI=1S/C17H21BrN2O2/c1-12(2)20(3)10-14-7-5-4-6-13(14)9-19-17(21)15-8-16(18)22-11-15/h4-8,11-12H,9-10H2,1-3H3,(H,19,21). The van der Waals surface area contributed by atoms with E-state index in [0.717, 1.165) is 12.1 Å². The second kappa shape index (κ2) is 7.61. The molecule has 0 spiro atoms. The van der Waals surface area contributed by atoms with Crippen molar-refractivity contribution in [1.29, 1.82) is 0 Å². The summed E-state index contributed by atoms with van der Waals surface area (Å²) in [6, 6.07) is 10.3. The molecule has 0 bridgehead atoms. The van der Waals surface area contributed by atoms with Crippen LogP contribution in [-0.4, -0.2) is 23.9 Å². The van der Waals surface area contributed by atoms with E-state index >= 15 is 0 Å². The number of amides is 1. The second-order valence-corrected chi connectivity index (χ2v) is 6.38. The molecule has 5 heteroatoms. The minimum Gasteiger partial charge on any atom is -0.457 e. The Kier molecular flexibility index (Phi) is 5.80. The van der Waals surface area contributed by atoms with Crippen LogP contribution in [0.4, 0.5) is 0 Å². The third kappa shape index (κ3) is 4.45. The maximum absolute atomic E-state index is 12.1. The molecule has 0 radical (unpaired) electrons. The van der Waals surface area contributed by atoms with E-state index in [1.54, 1.807) is 6.07 Å². The molecule has 4 nitrogen and oxygen atoms in total. The summed E-state index contributed by atoms with van der Waals surface area (Å²) in [5, 5.41) is 2.93. The molecule has 0 atom stereocenters. The number of nitrogens with zero attached hydrogens (tertiary/aromatic N) is 1. The van der Waals surface area contributed by atoms with Crippen LogP contribution in [0.2, 0.25) is 0 Å². The summed E-state index contributed by atoms with van der Waals surface area (Å²) in [7, 11) is 2.10. The normalized spacial score (nSPS) is 11.2. The van der Waals surface area contributed by atoms with Crippen LogP contribution in [0.25, 0.3) is 0 Å². The molecule has 118 valence electrons. The Morgan fingerprint density at radius 2 is 2.00 bits per heavy atom. The predicted molar refractivity (Wildman–Crippen MR) is 90.6 cm³/mol. The van der Waals surface area contributed by atoms with Crippen LogP contribution in [-0.2, 0) is 13.1 Å². The first-order valence-corrected chi connectivity index (χ1v) is 8.06. The van der Waals surface area contributed by atoms with E-state index in [-0.39, 0.29) is 5.91 Å². The molecule has 0 aliphatic carbocycles. The molecule has 0 fully saturated rings. The van der Waals surface area contributed by atoms with Crippen LogP contribution in [0.5, 0.6) is 0 Å². The zero-order valence-electron chi connectivity index (χ0n) is 13.1. The van der Waals surface area contributed by atoms with E-state index in [2.05, 4.69) is 59.2 Å². The number of nitrogens with one attached hydrogen (secondary N) is 1. The van der Waals surface area contributed by atoms with E-state index in [1.165, 1.54) is 11.8 Å². The van der Waals surface area contributed by atoms with Crippen molar-refractivity contribution < 1.29 is 9.21 Å². The number of carbonyl (C=O) groups excluding carboxylic acids is 1. The van der Waals surface area contributed by atoms with Gasteiger partial charge in [0, 0.05) is 25.2 Å². The summed E-state index contributed by atoms with van der Waals surface area (Å²) < 4.78 is 5.64. The van der Waals surface area contributed by atoms with E-state index in [4.69, 9.17) is 4.42 Å². The van der Waals surface area contributed by atoms with Crippen molar-refractivity contribution in [3.63, 3.8) is 0 Å². The molecule has 0 unspecified atom stereocenters. The van der Waals surface area contributed by atoms with Crippen molar-refractivity contribution in [2.24, 2.45) is 0 Å². The summed E-state index contributed by atoms with van der Waals surface area (Å²) in [6.45, 7) is 5.70. The minimum absolute atomic E-state index is 0.138. The Balaban J connectivity index is 2.02. The fourth-order valence-corrected chi connectivity index (χ4v) is 2.38. The smallest absolute Gasteiger partial charge is 0.254 e. The van der Waals surface area contributed by atoms with Gasteiger partial charge in [-0.15, -0.1) is 0 Å². The molecule has 2 rings (SSSR count). The number of rotatable bonds is 6. The number of benzene rings is 1. The van der Waals surface area contributed by atoms with Gasteiger partial charge in [0.15, 0.2) is 4.67 Å². The van der Waals surface area contributed by atoms with Gasteiger partial charge in [0.05, 0.1) is 5.56 Å². The second-order valence-electron chi connectivity index (χ2n) is 5.60. The Hall–Kier alpha value is -1.59. The lowest BCUT2D eigenvalue weighted by Gasteiger charge is -2.22. The zero-order valence-corrected chi connectivity index (χ0v) is 14.7. The molecule has 22 heavy (non-hydrogen) atoms. The lowest BCUT2D eigenvalue weighted by molar-refractivity contribution is 0.0950. The average Bonchev–Trinajstić information content (AvgIpc) is 2.92. The van der Waals surface area contributed by atoms with Crippen molar-refractivity contribution in [3.05, 3.63) is 58.0 Å². The molecule has 1 aromatic carbocycles. The Morgan fingerprint density at radius 1 is 1.32 bits per heavy atom. The molecular formula is C17H21BrN2O2. The molecule has 1 amide bonds. The number of hydrogen-bond donors (Lipinski definition) is 1. The van der Waals surface area contributed by atoms with Gasteiger partial charge in [-0.2, -0.15) is 0 Å². The van der Waals surface area contributed by atoms with E-state index in [9.17, 15) is 4.79 Å². The van der Waals surface area contributed by atoms with Gasteiger partial charge in [-0.3, -0.25) is 9.69 Å². The van der Waals surface area contributed by atoms with Crippen molar-refractivity contribution in [2.45, 2.75) is 33.0 Å². The predicted octanol–water partition coefficient (Wildman–Crippen LogP) is 3.81. The van der Waals surface area contributed by atoms with Gasteiger partial charge in [-0.25, -0.2) is 0 Å². The summed E-state index contributed by atoms with van der Waals surface area (Å²) in [5.41, 5.74) is 2.88. The molecule has 0 saturated carbocycles. The first-order chi connectivity index (χ1) is 10.5. The van der Waals surface area contributed by atoms with Crippen LogP contribution < -0.4 is 5.32 Å². The maximum Gasteiger partial charge on any atom is 0.254 e. The summed E-state index contributed by atoms with van der Waals surface area (Å²) in [6.07, 6.45) is 1.44. The van der Waals surface area contributed by atoms with Gasteiger partial charge < -0.3 is 9.73 Å². The van der Waals surface area contributed by atoms with E-state index in [1.807, 2.05) is 12.1 Å². The van der Waals surface area contributed by atoms with Crippen molar-refractivity contribution in [2.75, 3.05) is 7.05 Å². The summed E-state index contributed by atoms with van der Waals surface area (Å²) in [5.74, 6) is -0.138. The van der Waals surface area contributed by atoms with Gasteiger partial charge in [0.25, 0.3) is 5.91 Å². The number of carbonyl (C=O) groups is 1. The third-order valence-electron chi connectivity index (χ3n) is 3.69. The molecule has 0 aliphatic rings.